The van der Waals surface area contributed by atoms with Gasteiger partial charge < -0.3 is 5.32 Å². The van der Waals surface area contributed by atoms with Gasteiger partial charge in [0.1, 0.15) is 6.04 Å². The van der Waals surface area contributed by atoms with Crippen molar-refractivity contribution in [3.05, 3.63) is 33.8 Å². The minimum absolute atomic E-state index is 0.0161. The maximum Gasteiger partial charge on any atom is 0.244 e. The van der Waals surface area contributed by atoms with Crippen LogP contribution in [0.3, 0.4) is 0 Å². The smallest absolute Gasteiger partial charge is 0.244 e. The van der Waals surface area contributed by atoms with E-state index in [4.69, 9.17) is 0 Å². The molecule has 7 heteroatoms. The van der Waals surface area contributed by atoms with Crippen molar-refractivity contribution in [1.29, 1.82) is 0 Å². The average molecular weight is 368 g/mol. The molecule has 6 nitrogen and oxygen atoms in total. The first-order valence-corrected chi connectivity index (χ1v) is 8.18. The van der Waals surface area contributed by atoms with E-state index in [0.717, 1.165) is 34.5 Å². The maximum absolute atomic E-state index is 12.1. The van der Waals surface area contributed by atoms with Crippen LogP contribution >= 0.6 is 15.9 Å². The quantitative estimate of drug-likeness (QED) is 0.797. The second-order valence-electron chi connectivity index (χ2n) is 5.47. The predicted octanol–water partition coefficient (Wildman–Crippen LogP) is 2.53. The third-order valence-corrected chi connectivity index (χ3v) is 4.80. The first-order valence-electron chi connectivity index (χ1n) is 7.39. The second-order valence-corrected chi connectivity index (χ2v) is 6.26. The molecule has 0 fully saturated rings. The number of aryl methyl sites for hydroxylation is 3. The molecule has 1 N–H and O–H groups in total. The molecule has 0 aromatic carbocycles. The van der Waals surface area contributed by atoms with Crippen molar-refractivity contribution in [3.63, 3.8) is 0 Å². The van der Waals surface area contributed by atoms with Crippen molar-refractivity contribution in [2.75, 3.05) is 6.54 Å². The summed E-state index contributed by atoms with van der Waals surface area (Å²) < 4.78 is 4.70. The molecule has 0 saturated carbocycles. The van der Waals surface area contributed by atoms with Crippen molar-refractivity contribution < 1.29 is 4.79 Å². The molecule has 22 heavy (non-hydrogen) atoms. The third-order valence-electron chi connectivity index (χ3n) is 3.66. The molecule has 1 atom stereocenters. The number of hydrogen-bond acceptors (Lipinski definition) is 3. The number of aromatic nitrogens is 4. The van der Waals surface area contributed by atoms with E-state index in [9.17, 15) is 4.79 Å². The minimum atomic E-state index is -0.295. The van der Waals surface area contributed by atoms with Gasteiger partial charge in [-0.15, -0.1) is 0 Å². The zero-order chi connectivity index (χ0) is 16.3. The predicted molar refractivity (Wildman–Crippen MR) is 88.7 cm³/mol. The third kappa shape index (κ3) is 3.76. The van der Waals surface area contributed by atoms with E-state index in [-0.39, 0.29) is 11.9 Å². The van der Waals surface area contributed by atoms with Crippen LogP contribution in [0.1, 0.15) is 36.5 Å². The van der Waals surface area contributed by atoms with Gasteiger partial charge in [0.2, 0.25) is 5.91 Å². The van der Waals surface area contributed by atoms with Crippen LogP contribution in [0.5, 0.6) is 0 Å². The van der Waals surface area contributed by atoms with Crippen LogP contribution in [0.25, 0.3) is 0 Å². The van der Waals surface area contributed by atoms with Gasteiger partial charge in [0.15, 0.2) is 0 Å². The van der Waals surface area contributed by atoms with Crippen LogP contribution in [0.2, 0.25) is 0 Å². The number of rotatable bonds is 6. The molecule has 0 saturated heterocycles. The van der Waals surface area contributed by atoms with Gasteiger partial charge in [-0.2, -0.15) is 10.2 Å². The summed E-state index contributed by atoms with van der Waals surface area (Å²) >= 11 is 3.52. The van der Waals surface area contributed by atoms with Crippen LogP contribution in [-0.2, 0) is 11.3 Å². The van der Waals surface area contributed by atoms with E-state index in [0.29, 0.717) is 6.54 Å². The molecule has 1 amide bonds. The SMILES string of the molecule is Cc1ccn(C(C)C(=O)NCCCn2nc(C)c(Br)c2C)n1. The highest BCUT2D eigenvalue weighted by Gasteiger charge is 2.15. The Hall–Kier alpha value is -1.63. The average Bonchev–Trinajstić information content (AvgIpc) is 3.02. The van der Waals surface area contributed by atoms with Crippen molar-refractivity contribution >= 4 is 21.8 Å². The van der Waals surface area contributed by atoms with E-state index < -0.39 is 0 Å². The Morgan fingerprint density at radius 2 is 2.09 bits per heavy atom. The lowest BCUT2D eigenvalue weighted by atomic mass is 10.3. The lowest BCUT2D eigenvalue weighted by Crippen LogP contribution is -2.32. The Morgan fingerprint density at radius 1 is 1.36 bits per heavy atom. The summed E-state index contributed by atoms with van der Waals surface area (Å²) in [6, 6.07) is 1.60. The molecule has 2 aromatic rings. The second kappa shape index (κ2) is 7.09. The summed E-state index contributed by atoms with van der Waals surface area (Å²) in [4.78, 5) is 12.1. The lowest BCUT2D eigenvalue weighted by molar-refractivity contribution is -0.124. The molecule has 0 aliphatic heterocycles. The Morgan fingerprint density at radius 3 is 2.64 bits per heavy atom. The summed E-state index contributed by atoms with van der Waals surface area (Å²) in [6.45, 7) is 9.18. The lowest BCUT2D eigenvalue weighted by Gasteiger charge is -2.13. The zero-order valence-corrected chi connectivity index (χ0v) is 15.0. The fourth-order valence-corrected chi connectivity index (χ4v) is 2.53. The molecular weight excluding hydrogens is 346 g/mol. The van der Waals surface area contributed by atoms with Gasteiger partial charge in [-0.25, -0.2) is 0 Å². The summed E-state index contributed by atoms with van der Waals surface area (Å²) in [5, 5.41) is 11.7. The van der Waals surface area contributed by atoms with Crippen molar-refractivity contribution in [2.24, 2.45) is 0 Å². The number of carbonyl (C=O) groups excluding carboxylic acids is 1. The largest absolute Gasteiger partial charge is 0.354 e. The molecule has 0 radical (unpaired) electrons. The molecular formula is C15H22BrN5O. The van der Waals surface area contributed by atoms with E-state index in [1.807, 2.05) is 44.6 Å². The van der Waals surface area contributed by atoms with Crippen LogP contribution in [0, 0.1) is 20.8 Å². The number of nitrogens with one attached hydrogen (secondary N) is 1. The van der Waals surface area contributed by atoms with E-state index in [1.54, 1.807) is 4.68 Å². The van der Waals surface area contributed by atoms with Gasteiger partial charge in [0.25, 0.3) is 0 Å². The van der Waals surface area contributed by atoms with Crippen LogP contribution in [-0.4, -0.2) is 32.0 Å². The first kappa shape index (κ1) is 16.7. The highest BCUT2D eigenvalue weighted by atomic mass is 79.9. The van der Waals surface area contributed by atoms with E-state index in [2.05, 4.69) is 31.4 Å². The summed E-state index contributed by atoms with van der Waals surface area (Å²) in [5.74, 6) is -0.0161. The Balaban J connectivity index is 1.78. The molecule has 2 rings (SSSR count). The standard InChI is InChI=1S/C15H22BrN5O/c1-10-6-9-21(18-10)13(4)15(22)17-7-5-8-20-12(3)14(16)11(2)19-20/h6,9,13H,5,7-8H2,1-4H3,(H,17,22). The van der Waals surface area contributed by atoms with Crippen LogP contribution < -0.4 is 5.32 Å². The van der Waals surface area contributed by atoms with Gasteiger partial charge in [0.05, 0.1) is 15.9 Å². The monoisotopic (exact) mass is 367 g/mol. The molecule has 0 aliphatic rings. The van der Waals surface area contributed by atoms with Crippen LogP contribution in [0.15, 0.2) is 16.7 Å². The van der Waals surface area contributed by atoms with Gasteiger partial charge in [-0.1, -0.05) is 0 Å². The van der Waals surface area contributed by atoms with Gasteiger partial charge in [-0.3, -0.25) is 14.2 Å². The molecule has 0 bridgehead atoms. The summed E-state index contributed by atoms with van der Waals surface area (Å²) in [6.07, 6.45) is 2.66. The molecule has 0 aliphatic carbocycles. The van der Waals surface area contributed by atoms with Gasteiger partial charge in [-0.05, 0) is 56.1 Å². The van der Waals surface area contributed by atoms with E-state index in [1.165, 1.54) is 0 Å². The molecule has 2 heterocycles. The number of halogens is 1. The van der Waals surface area contributed by atoms with Gasteiger partial charge in [0, 0.05) is 25.0 Å². The Bertz CT molecular complexity index is 661. The highest BCUT2D eigenvalue weighted by Crippen LogP contribution is 2.19. The Kier molecular flexibility index (Phi) is 5.39. The normalized spacial score (nSPS) is 12.4. The molecule has 2 aromatic heterocycles. The molecule has 0 spiro atoms. The molecule has 1 unspecified atom stereocenters. The fraction of sp³-hybridized carbons (Fsp3) is 0.533. The van der Waals surface area contributed by atoms with Crippen molar-refractivity contribution in [2.45, 2.75) is 46.7 Å². The zero-order valence-electron chi connectivity index (χ0n) is 13.4. The number of carbonyl (C=O) groups is 1. The first-order chi connectivity index (χ1) is 10.4. The topological polar surface area (TPSA) is 64.7 Å². The fourth-order valence-electron chi connectivity index (χ4n) is 2.25. The Labute approximate surface area is 139 Å². The minimum Gasteiger partial charge on any atom is -0.354 e. The van der Waals surface area contributed by atoms with Crippen LogP contribution in [0.4, 0.5) is 0 Å². The number of hydrogen-bond donors (Lipinski definition) is 1. The van der Waals surface area contributed by atoms with Crippen molar-refractivity contribution in [1.82, 2.24) is 24.9 Å². The summed E-state index contributed by atoms with van der Waals surface area (Å²) in [7, 11) is 0. The summed E-state index contributed by atoms with van der Waals surface area (Å²) in [5.41, 5.74) is 3.02. The highest BCUT2D eigenvalue weighted by molar-refractivity contribution is 9.10. The molecule has 120 valence electrons. The van der Waals surface area contributed by atoms with E-state index >= 15 is 0 Å². The van der Waals surface area contributed by atoms with Gasteiger partial charge >= 0.3 is 0 Å². The maximum atomic E-state index is 12.1. The van der Waals surface area contributed by atoms with Crippen molar-refractivity contribution in [3.8, 4) is 0 Å². The number of amides is 1. The number of nitrogens with zero attached hydrogens (tertiary/aromatic N) is 4.